The van der Waals surface area contributed by atoms with Gasteiger partial charge in [0.25, 0.3) is 5.91 Å². The number of aromatic nitrogens is 3. The van der Waals surface area contributed by atoms with E-state index < -0.39 is 17.9 Å². The molecule has 2 fully saturated rings. The number of amides is 1. The number of pyridine rings is 1. The summed E-state index contributed by atoms with van der Waals surface area (Å²) in [5.74, 6) is -0.951. The molecule has 1 aromatic carbocycles. The molecule has 1 amide bonds. The van der Waals surface area contributed by atoms with Gasteiger partial charge >= 0.3 is 0 Å². The van der Waals surface area contributed by atoms with Crippen LogP contribution in [0, 0.1) is 12.7 Å². The van der Waals surface area contributed by atoms with Crippen molar-refractivity contribution in [2.45, 2.75) is 51.4 Å². The Balaban J connectivity index is 1.35. The zero-order valence-corrected chi connectivity index (χ0v) is 20.0. The molecule has 0 spiro atoms. The molecule has 1 saturated heterocycles. The molecule has 0 unspecified atom stereocenters. The minimum absolute atomic E-state index is 0.0114. The second-order valence-corrected chi connectivity index (χ2v) is 9.45. The molecule has 0 bridgehead atoms. The number of rotatable bonds is 7. The van der Waals surface area contributed by atoms with Crippen LogP contribution in [0.25, 0.3) is 16.8 Å². The van der Waals surface area contributed by atoms with E-state index >= 15 is 0 Å². The molecule has 2 aromatic heterocycles. The summed E-state index contributed by atoms with van der Waals surface area (Å²) in [5, 5.41) is 10.6. The zero-order valence-electron chi connectivity index (χ0n) is 20.0. The Labute approximate surface area is 203 Å². The van der Waals surface area contributed by atoms with Crippen LogP contribution in [-0.2, 0) is 0 Å². The molecule has 1 saturated carbocycles. The van der Waals surface area contributed by atoms with Gasteiger partial charge in [0, 0.05) is 48.8 Å². The topological polar surface area (TPSA) is 75.1 Å². The molecule has 2 N–H and O–H groups in total. The van der Waals surface area contributed by atoms with E-state index in [0.29, 0.717) is 17.8 Å². The average molecular weight is 481 g/mol. The van der Waals surface area contributed by atoms with Crippen LogP contribution in [0.5, 0.6) is 0 Å². The second-order valence-electron chi connectivity index (χ2n) is 9.45. The van der Waals surface area contributed by atoms with E-state index in [-0.39, 0.29) is 17.6 Å². The Hall–Kier alpha value is -3.33. The van der Waals surface area contributed by atoms with Crippen molar-refractivity contribution in [1.29, 1.82) is 0 Å². The van der Waals surface area contributed by atoms with E-state index in [1.54, 1.807) is 36.3 Å². The van der Waals surface area contributed by atoms with Gasteiger partial charge in [0.1, 0.15) is 12.0 Å². The predicted octanol–water partition coefficient (Wildman–Crippen LogP) is 4.12. The lowest BCUT2D eigenvalue weighted by molar-refractivity contribution is 0.0947. The Kier molecular flexibility index (Phi) is 6.51. The maximum absolute atomic E-state index is 14.6. The van der Waals surface area contributed by atoms with Crippen molar-refractivity contribution in [2.75, 3.05) is 25.0 Å². The zero-order chi connectivity index (χ0) is 24.5. The third-order valence-electron chi connectivity index (χ3n) is 6.77. The van der Waals surface area contributed by atoms with E-state index in [2.05, 4.69) is 25.6 Å². The van der Waals surface area contributed by atoms with Crippen LogP contribution in [0.3, 0.4) is 0 Å². The quantitative estimate of drug-likeness (QED) is 0.532. The predicted molar refractivity (Wildman–Crippen MR) is 131 cm³/mol. The number of carbonyl (C=O) groups excluding carboxylic acids is 1. The summed E-state index contributed by atoms with van der Waals surface area (Å²) in [6.07, 6.45) is 8.60. The lowest BCUT2D eigenvalue weighted by atomic mass is 10.0. The molecule has 5 rings (SSSR count). The van der Waals surface area contributed by atoms with Crippen molar-refractivity contribution in [3.8, 4) is 16.8 Å². The van der Waals surface area contributed by atoms with E-state index in [9.17, 15) is 13.6 Å². The van der Waals surface area contributed by atoms with Gasteiger partial charge in [-0.25, -0.2) is 13.5 Å². The lowest BCUT2D eigenvalue weighted by Crippen LogP contribution is -2.47. The van der Waals surface area contributed by atoms with Crippen LogP contribution in [0.2, 0.25) is 0 Å². The molecular formula is C26H30F2N6O. The normalized spacial score (nSPS) is 20.6. The van der Waals surface area contributed by atoms with Crippen molar-refractivity contribution in [3.63, 3.8) is 0 Å². The fourth-order valence-electron chi connectivity index (χ4n) is 4.48. The SMILES string of the molecule is CCN1CC[C@H](Nc2cncc(-c3cnn(-c4cc(C(=O)NC5CC5)c(F)cc4C)c3)c2)[C@H](F)C1. The molecule has 35 heavy (non-hydrogen) atoms. The number of nitrogens with one attached hydrogen (secondary N) is 2. The van der Waals surface area contributed by atoms with Crippen molar-refractivity contribution in [2.24, 2.45) is 0 Å². The number of piperidine rings is 1. The summed E-state index contributed by atoms with van der Waals surface area (Å²) < 4.78 is 30.8. The van der Waals surface area contributed by atoms with Gasteiger partial charge < -0.3 is 15.5 Å². The Morgan fingerprint density at radius 1 is 1.14 bits per heavy atom. The molecule has 0 radical (unpaired) electrons. The van der Waals surface area contributed by atoms with Gasteiger partial charge in [0.2, 0.25) is 0 Å². The van der Waals surface area contributed by atoms with Gasteiger partial charge in [-0.05, 0) is 56.5 Å². The van der Waals surface area contributed by atoms with Crippen LogP contribution >= 0.6 is 0 Å². The molecule has 3 aromatic rings. The monoisotopic (exact) mass is 480 g/mol. The van der Waals surface area contributed by atoms with Crippen molar-refractivity contribution >= 4 is 11.6 Å². The molecule has 3 heterocycles. The molecule has 1 aliphatic heterocycles. The summed E-state index contributed by atoms with van der Waals surface area (Å²) in [5.41, 5.74) is 3.70. The summed E-state index contributed by atoms with van der Waals surface area (Å²) in [6.45, 7) is 5.99. The van der Waals surface area contributed by atoms with E-state index in [0.717, 1.165) is 49.2 Å². The van der Waals surface area contributed by atoms with Crippen molar-refractivity contribution < 1.29 is 13.6 Å². The second kappa shape index (κ2) is 9.73. The van der Waals surface area contributed by atoms with Crippen LogP contribution in [-0.4, -0.2) is 63.5 Å². The Morgan fingerprint density at radius 3 is 2.71 bits per heavy atom. The number of hydrogen-bond acceptors (Lipinski definition) is 5. The molecule has 9 heteroatoms. The minimum atomic E-state index is -0.942. The number of benzene rings is 1. The van der Waals surface area contributed by atoms with Gasteiger partial charge in [-0.15, -0.1) is 0 Å². The summed E-state index contributed by atoms with van der Waals surface area (Å²) in [7, 11) is 0. The summed E-state index contributed by atoms with van der Waals surface area (Å²) in [6, 6.07) is 4.73. The maximum atomic E-state index is 14.6. The number of nitrogens with zero attached hydrogens (tertiary/aromatic N) is 4. The number of alkyl halides is 1. The maximum Gasteiger partial charge on any atom is 0.254 e. The molecule has 184 valence electrons. The highest BCUT2D eigenvalue weighted by molar-refractivity contribution is 5.95. The third kappa shape index (κ3) is 5.19. The fraction of sp³-hybridized carbons (Fsp3) is 0.423. The molecule has 1 aliphatic carbocycles. The van der Waals surface area contributed by atoms with Crippen LogP contribution in [0.4, 0.5) is 14.5 Å². The first-order chi connectivity index (χ1) is 16.9. The fourth-order valence-corrected chi connectivity index (χ4v) is 4.48. The standard InChI is InChI=1S/C26H30F2N6O/c1-3-33-7-6-24(23(28)15-33)31-20-9-17(11-29-13-20)18-12-30-34(14-18)25-10-21(22(27)8-16(25)2)26(35)32-19-4-5-19/h8-14,19,23-24,31H,3-7,15H2,1-2H3,(H,32,35)/t23-,24+/m1/s1. The lowest BCUT2D eigenvalue weighted by Gasteiger charge is -2.34. The summed E-state index contributed by atoms with van der Waals surface area (Å²) in [4.78, 5) is 18.9. The number of aryl methyl sites for hydroxylation is 1. The summed E-state index contributed by atoms with van der Waals surface area (Å²) >= 11 is 0. The number of hydrogen-bond donors (Lipinski definition) is 2. The molecule has 7 nitrogen and oxygen atoms in total. The molecule has 2 atom stereocenters. The van der Waals surface area contributed by atoms with Crippen molar-refractivity contribution in [3.05, 3.63) is 59.9 Å². The number of anilines is 1. The van der Waals surface area contributed by atoms with Crippen molar-refractivity contribution in [1.82, 2.24) is 25.0 Å². The van der Waals surface area contributed by atoms with Crippen LogP contribution < -0.4 is 10.6 Å². The van der Waals surface area contributed by atoms with Gasteiger partial charge in [-0.1, -0.05) is 6.92 Å². The van der Waals surface area contributed by atoms with E-state index in [1.807, 2.05) is 19.2 Å². The first-order valence-corrected chi connectivity index (χ1v) is 12.2. The highest BCUT2D eigenvalue weighted by Crippen LogP contribution is 2.27. The first kappa shape index (κ1) is 23.4. The Bertz CT molecular complexity index is 1220. The van der Waals surface area contributed by atoms with Gasteiger partial charge in [0.15, 0.2) is 0 Å². The van der Waals surface area contributed by atoms with E-state index in [4.69, 9.17) is 0 Å². The van der Waals surface area contributed by atoms with Crippen LogP contribution in [0.15, 0.2) is 43.0 Å². The molecule has 2 aliphatic rings. The largest absolute Gasteiger partial charge is 0.378 e. The smallest absolute Gasteiger partial charge is 0.254 e. The number of halogens is 2. The van der Waals surface area contributed by atoms with Gasteiger partial charge in [0.05, 0.1) is 29.2 Å². The number of carbonyl (C=O) groups is 1. The number of likely N-dealkylation sites (tertiary alicyclic amines) is 1. The van der Waals surface area contributed by atoms with Gasteiger partial charge in [-0.3, -0.25) is 9.78 Å². The molecular weight excluding hydrogens is 450 g/mol. The Morgan fingerprint density at radius 2 is 1.97 bits per heavy atom. The van der Waals surface area contributed by atoms with Crippen LogP contribution in [0.1, 0.15) is 42.1 Å². The highest BCUT2D eigenvalue weighted by atomic mass is 19.1. The van der Waals surface area contributed by atoms with E-state index in [1.165, 1.54) is 6.07 Å². The van der Waals surface area contributed by atoms with Gasteiger partial charge in [-0.2, -0.15) is 5.10 Å². The highest BCUT2D eigenvalue weighted by Gasteiger charge is 2.28. The first-order valence-electron chi connectivity index (χ1n) is 12.2. The average Bonchev–Trinajstić information content (AvgIpc) is 3.52. The third-order valence-corrected chi connectivity index (χ3v) is 6.77. The minimum Gasteiger partial charge on any atom is -0.378 e.